The van der Waals surface area contributed by atoms with E-state index in [1.165, 1.54) is 7.11 Å². The van der Waals surface area contributed by atoms with Crippen molar-refractivity contribution in [3.63, 3.8) is 0 Å². The Morgan fingerprint density at radius 2 is 1.42 bits per heavy atom. The Labute approximate surface area is 184 Å². The number of carbonyl (C=O) groups is 2. The Morgan fingerprint density at radius 1 is 0.806 bits per heavy atom. The number of unbranched alkanes of at least 4 members (excludes halogenated alkanes) is 1. The number of rotatable bonds is 9. The van der Waals surface area contributed by atoms with Gasteiger partial charge in [-0.05, 0) is 34.7 Å². The summed E-state index contributed by atoms with van der Waals surface area (Å²) in [5, 5.41) is 0. The zero-order valence-electron chi connectivity index (χ0n) is 18.2. The van der Waals surface area contributed by atoms with Crippen LogP contribution in [-0.2, 0) is 22.6 Å². The maximum absolute atomic E-state index is 12.8. The molecule has 1 amide bonds. The van der Waals surface area contributed by atoms with E-state index in [0.717, 1.165) is 35.1 Å². The minimum Gasteiger partial charge on any atom is -0.465 e. The van der Waals surface area contributed by atoms with E-state index in [1.807, 2.05) is 77.7 Å². The van der Waals surface area contributed by atoms with Gasteiger partial charge in [0.25, 0.3) is 0 Å². The van der Waals surface area contributed by atoms with E-state index in [1.54, 1.807) is 6.07 Å². The van der Waals surface area contributed by atoms with Crippen molar-refractivity contribution in [1.82, 2.24) is 4.90 Å². The van der Waals surface area contributed by atoms with Crippen LogP contribution in [0.25, 0.3) is 11.1 Å². The lowest BCUT2D eigenvalue weighted by atomic mass is 9.98. The monoisotopic (exact) mass is 415 g/mol. The predicted octanol–water partition coefficient (Wildman–Crippen LogP) is 5.86. The van der Waals surface area contributed by atoms with Crippen molar-refractivity contribution in [2.45, 2.75) is 39.3 Å². The van der Waals surface area contributed by atoms with Gasteiger partial charge in [0.15, 0.2) is 0 Å². The number of amides is 1. The van der Waals surface area contributed by atoms with Gasteiger partial charge < -0.3 is 9.64 Å². The fraction of sp³-hybridized carbons (Fsp3) is 0.259. The molecule has 0 saturated heterocycles. The Hall–Kier alpha value is -3.40. The molecule has 0 aliphatic carbocycles. The highest BCUT2D eigenvalue weighted by molar-refractivity contribution is 5.97. The van der Waals surface area contributed by atoms with E-state index in [2.05, 4.69) is 6.92 Å². The van der Waals surface area contributed by atoms with Crippen molar-refractivity contribution in [3.05, 3.63) is 95.6 Å². The normalized spacial score (nSPS) is 10.5. The standard InChI is InChI=1S/C27H29NO3/c1-3-4-14-26(29)28(19-21-10-6-5-7-11-21)20-22-15-17-23(18-16-22)24-12-8-9-13-25(24)27(30)31-2/h5-13,15-18H,3-4,14,19-20H2,1-2H3. The molecule has 0 unspecified atom stereocenters. The Kier molecular flexibility index (Phi) is 7.99. The Balaban J connectivity index is 1.80. The van der Waals surface area contributed by atoms with Crippen LogP contribution in [0.1, 0.15) is 47.7 Å². The van der Waals surface area contributed by atoms with Crippen LogP contribution >= 0.6 is 0 Å². The number of benzene rings is 3. The molecular weight excluding hydrogens is 386 g/mol. The Bertz CT molecular complexity index is 997. The van der Waals surface area contributed by atoms with Crippen molar-refractivity contribution < 1.29 is 14.3 Å². The zero-order chi connectivity index (χ0) is 22.1. The number of methoxy groups -OCH3 is 1. The van der Waals surface area contributed by atoms with Gasteiger partial charge in [0, 0.05) is 19.5 Å². The first-order valence-electron chi connectivity index (χ1n) is 10.7. The fourth-order valence-electron chi connectivity index (χ4n) is 3.56. The highest BCUT2D eigenvalue weighted by Crippen LogP contribution is 2.25. The maximum atomic E-state index is 12.8. The summed E-state index contributed by atoms with van der Waals surface area (Å²) < 4.78 is 4.91. The largest absolute Gasteiger partial charge is 0.465 e. The molecule has 0 bridgehead atoms. The van der Waals surface area contributed by atoms with Crippen LogP contribution in [-0.4, -0.2) is 23.9 Å². The lowest BCUT2D eigenvalue weighted by molar-refractivity contribution is -0.132. The summed E-state index contributed by atoms with van der Waals surface area (Å²) in [7, 11) is 1.39. The van der Waals surface area contributed by atoms with Gasteiger partial charge in [-0.1, -0.05) is 86.1 Å². The van der Waals surface area contributed by atoms with Crippen LogP contribution in [0.2, 0.25) is 0 Å². The molecule has 0 radical (unpaired) electrons. The summed E-state index contributed by atoms with van der Waals surface area (Å²) in [4.78, 5) is 26.8. The van der Waals surface area contributed by atoms with Crippen LogP contribution in [0, 0.1) is 0 Å². The van der Waals surface area contributed by atoms with Crippen molar-refractivity contribution >= 4 is 11.9 Å². The molecule has 3 aromatic carbocycles. The minimum absolute atomic E-state index is 0.172. The third kappa shape index (κ3) is 6.05. The molecular formula is C27H29NO3. The van der Waals surface area contributed by atoms with Crippen LogP contribution in [0.3, 0.4) is 0 Å². The molecule has 3 rings (SSSR count). The molecule has 0 aromatic heterocycles. The average molecular weight is 416 g/mol. The van der Waals surface area contributed by atoms with Gasteiger partial charge in [-0.2, -0.15) is 0 Å². The van der Waals surface area contributed by atoms with Crippen molar-refractivity contribution in [2.24, 2.45) is 0 Å². The lowest BCUT2D eigenvalue weighted by Gasteiger charge is -2.23. The topological polar surface area (TPSA) is 46.6 Å². The van der Waals surface area contributed by atoms with E-state index in [4.69, 9.17) is 4.74 Å². The molecule has 0 aliphatic heterocycles. The molecule has 0 N–H and O–H groups in total. The molecule has 4 nitrogen and oxygen atoms in total. The highest BCUT2D eigenvalue weighted by Gasteiger charge is 2.15. The molecule has 0 aliphatic rings. The third-order valence-corrected chi connectivity index (χ3v) is 5.28. The van der Waals surface area contributed by atoms with Crippen molar-refractivity contribution in [2.75, 3.05) is 7.11 Å². The van der Waals surface area contributed by atoms with Crippen LogP contribution in [0.15, 0.2) is 78.9 Å². The van der Waals surface area contributed by atoms with E-state index in [-0.39, 0.29) is 11.9 Å². The van der Waals surface area contributed by atoms with E-state index in [0.29, 0.717) is 25.1 Å². The Morgan fingerprint density at radius 3 is 2.06 bits per heavy atom. The van der Waals surface area contributed by atoms with Gasteiger partial charge in [-0.25, -0.2) is 4.79 Å². The molecule has 0 fully saturated rings. The van der Waals surface area contributed by atoms with Gasteiger partial charge in [-0.15, -0.1) is 0 Å². The van der Waals surface area contributed by atoms with Crippen LogP contribution < -0.4 is 0 Å². The summed E-state index contributed by atoms with van der Waals surface area (Å²) in [6.45, 7) is 3.24. The minimum atomic E-state index is -0.352. The predicted molar refractivity (Wildman–Crippen MR) is 123 cm³/mol. The fourth-order valence-corrected chi connectivity index (χ4v) is 3.56. The second kappa shape index (κ2) is 11.1. The van der Waals surface area contributed by atoms with Crippen molar-refractivity contribution in [3.8, 4) is 11.1 Å². The second-order valence-electron chi connectivity index (χ2n) is 7.57. The van der Waals surface area contributed by atoms with Crippen LogP contribution in [0.4, 0.5) is 0 Å². The summed E-state index contributed by atoms with van der Waals surface area (Å²) in [5.74, 6) is -0.180. The second-order valence-corrected chi connectivity index (χ2v) is 7.57. The van der Waals surface area contributed by atoms with Gasteiger partial charge in [0.2, 0.25) is 5.91 Å². The molecule has 4 heteroatoms. The first kappa shape index (κ1) is 22.3. The van der Waals surface area contributed by atoms with Gasteiger partial charge >= 0.3 is 5.97 Å². The van der Waals surface area contributed by atoms with E-state index in [9.17, 15) is 9.59 Å². The number of carbonyl (C=O) groups excluding carboxylic acids is 2. The quantitative estimate of drug-likeness (QED) is 0.411. The first-order chi connectivity index (χ1) is 15.1. The van der Waals surface area contributed by atoms with Gasteiger partial charge in [0.05, 0.1) is 12.7 Å². The first-order valence-corrected chi connectivity index (χ1v) is 10.7. The third-order valence-electron chi connectivity index (χ3n) is 5.28. The molecule has 3 aromatic rings. The number of hydrogen-bond acceptors (Lipinski definition) is 3. The summed E-state index contributed by atoms with van der Waals surface area (Å²) >= 11 is 0. The summed E-state index contributed by atoms with van der Waals surface area (Å²) in [6.07, 6.45) is 2.46. The molecule has 160 valence electrons. The number of ether oxygens (including phenoxy) is 1. The summed E-state index contributed by atoms with van der Waals surface area (Å²) in [6, 6.07) is 25.5. The van der Waals surface area contributed by atoms with Crippen molar-refractivity contribution in [1.29, 1.82) is 0 Å². The smallest absolute Gasteiger partial charge is 0.338 e. The number of nitrogens with zero attached hydrogens (tertiary/aromatic N) is 1. The van der Waals surface area contributed by atoms with Crippen LogP contribution in [0.5, 0.6) is 0 Å². The number of esters is 1. The van der Waals surface area contributed by atoms with E-state index < -0.39 is 0 Å². The van der Waals surface area contributed by atoms with Gasteiger partial charge in [0.1, 0.15) is 0 Å². The maximum Gasteiger partial charge on any atom is 0.338 e. The highest BCUT2D eigenvalue weighted by atomic mass is 16.5. The molecule has 0 atom stereocenters. The average Bonchev–Trinajstić information content (AvgIpc) is 2.82. The molecule has 0 heterocycles. The number of hydrogen-bond donors (Lipinski definition) is 0. The molecule has 31 heavy (non-hydrogen) atoms. The lowest BCUT2D eigenvalue weighted by Crippen LogP contribution is -2.29. The summed E-state index contributed by atoms with van der Waals surface area (Å²) in [5.41, 5.74) is 4.49. The molecule has 0 spiro atoms. The zero-order valence-corrected chi connectivity index (χ0v) is 18.2. The SMILES string of the molecule is CCCCC(=O)N(Cc1ccccc1)Cc1ccc(-c2ccccc2C(=O)OC)cc1. The van der Waals surface area contributed by atoms with Gasteiger partial charge in [-0.3, -0.25) is 4.79 Å². The van der Waals surface area contributed by atoms with E-state index >= 15 is 0 Å². The molecule has 0 saturated carbocycles.